The van der Waals surface area contributed by atoms with E-state index in [9.17, 15) is 0 Å². The molecule has 2 rings (SSSR count). The zero-order valence-electron chi connectivity index (χ0n) is 13.6. The molecule has 0 unspecified atom stereocenters. The summed E-state index contributed by atoms with van der Waals surface area (Å²) in [6, 6.07) is 14.1. The lowest BCUT2D eigenvalue weighted by Crippen LogP contribution is -2.23. The van der Waals surface area contributed by atoms with Crippen LogP contribution in [0.3, 0.4) is 0 Å². The molecule has 1 aromatic carbocycles. The highest BCUT2D eigenvalue weighted by molar-refractivity contribution is 5.92. The van der Waals surface area contributed by atoms with Gasteiger partial charge in [0.15, 0.2) is 5.96 Å². The molecule has 0 spiro atoms. The fourth-order valence-corrected chi connectivity index (χ4v) is 2.18. The van der Waals surface area contributed by atoms with Crippen molar-refractivity contribution in [3.8, 4) is 0 Å². The van der Waals surface area contributed by atoms with Crippen LogP contribution in [-0.2, 0) is 6.42 Å². The second-order valence-electron chi connectivity index (χ2n) is 5.29. The first kappa shape index (κ1) is 16.8. The van der Waals surface area contributed by atoms with Gasteiger partial charge in [-0.25, -0.2) is 4.98 Å². The number of unbranched alkanes of at least 4 members (excludes halogenated alkanes) is 1. The first-order valence-corrected chi connectivity index (χ1v) is 8.08. The van der Waals surface area contributed by atoms with Crippen LogP contribution in [0, 0.1) is 0 Å². The van der Waals surface area contributed by atoms with E-state index in [1.54, 1.807) is 6.20 Å². The van der Waals surface area contributed by atoms with Crippen molar-refractivity contribution in [3.05, 3.63) is 54.2 Å². The number of nitrogens with one attached hydrogen (secondary N) is 2. The number of pyridine rings is 1. The Morgan fingerprint density at radius 3 is 2.87 bits per heavy atom. The van der Waals surface area contributed by atoms with E-state index in [0.717, 1.165) is 43.9 Å². The topological polar surface area (TPSA) is 75.3 Å². The number of hydrogen-bond donors (Lipinski definition) is 3. The molecule has 0 aliphatic carbocycles. The van der Waals surface area contributed by atoms with Gasteiger partial charge in [0.2, 0.25) is 0 Å². The normalized spacial score (nSPS) is 11.3. The molecule has 2 aromatic rings. The summed E-state index contributed by atoms with van der Waals surface area (Å²) in [6.07, 6.45) is 4.80. The molecule has 23 heavy (non-hydrogen) atoms. The molecule has 5 nitrogen and oxygen atoms in total. The molecular formula is C18H25N5. The molecule has 0 fully saturated rings. The lowest BCUT2D eigenvalue weighted by atomic mass is 10.1. The van der Waals surface area contributed by atoms with Gasteiger partial charge >= 0.3 is 0 Å². The van der Waals surface area contributed by atoms with Crippen LogP contribution in [0.15, 0.2) is 53.7 Å². The van der Waals surface area contributed by atoms with E-state index < -0.39 is 0 Å². The van der Waals surface area contributed by atoms with Crippen molar-refractivity contribution in [2.45, 2.75) is 26.2 Å². The number of nitrogens with two attached hydrogens (primary N) is 1. The summed E-state index contributed by atoms with van der Waals surface area (Å²) in [7, 11) is 0. The maximum atomic E-state index is 5.92. The van der Waals surface area contributed by atoms with Crippen LogP contribution in [-0.4, -0.2) is 24.0 Å². The highest BCUT2D eigenvalue weighted by atomic mass is 15.1. The van der Waals surface area contributed by atoms with E-state index in [0.29, 0.717) is 5.96 Å². The van der Waals surface area contributed by atoms with Gasteiger partial charge in [0, 0.05) is 25.0 Å². The summed E-state index contributed by atoms with van der Waals surface area (Å²) in [5.74, 6) is 1.38. The number of rotatable bonds is 8. The Kier molecular flexibility index (Phi) is 6.91. The summed E-state index contributed by atoms with van der Waals surface area (Å²) in [5.41, 5.74) is 8.19. The number of anilines is 2. The smallest absolute Gasteiger partial charge is 0.193 e. The summed E-state index contributed by atoms with van der Waals surface area (Å²) in [6.45, 7) is 3.74. The molecule has 0 aliphatic heterocycles. The molecule has 0 bridgehead atoms. The van der Waals surface area contributed by atoms with Crippen LogP contribution < -0.4 is 16.4 Å². The van der Waals surface area contributed by atoms with E-state index >= 15 is 0 Å². The Morgan fingerprint density at radius 1 is 1.17 bits per heavy atom. The molecule has 5 heteroatoms. The second-order valence-corrected chi connectivity index (χ2v) is 5.29. The predicted octanol–water partition coefficient (Wildman–Crippen LogP) is 3.26. The Morgan fingerprint density at radius 2 is 2.09 bits per heavy atom. The number of aromatic nitrogens is 1. The van der Waals surface area contributed by atoms with Gasteiger partial charge in [-0.2, -0.15) is 0 Å². The standard InChI is InChI=1S/C18H25N5/c1-2-15-8-7-9-16(14-15)23-18(19)22-13-6-5-12-21-17-10-3-4-11-20-17/h3-4,7-11,14H,2,5-6,12-13H2,1H3,(H,20,21)(H3,19,22,23). The summed E-state index contributed by atoms with van der Waals surface area (Å²) >= 11 is 0. The zero-order valence-corrected chi connectivity index (χ0v) is 13.6. The van der Waals surface area contributed by atoms with Crippen LogP contribution in [0.25, 0.3) is 0 Å². The predicted molar refractivity (Wildman–Crippen MR) is 97.9 cm³/mol. The average molecular weight is 311 g/mol. The highest BCUT2D eigenvalue weighted by Gasteiger charge is 1.97. The number of hydrogen-bond acceptors (Lipinski definition) is 3. The quantitative estimate of drug-likeness (QED) is 0.397. The molecule has 0 saturated carbocycles. The van der Waals surface area contributed by atoms with E-state index in [1.165, 1.54) is 5.56 Å². The fourth-order valence-electron chi connectivity index (χ4n) is 2.18. The van der Waals surface area contributed by atoms with E-state index in [1.807, 2.05) is 30.3 Å². The molecule has 1 heterocycles. The largest absolute Gasteiger partial charge is 0.370 e. The average Bonchev–Trinajstić information content (AvgIpc) is 2.59. The summed E-state index contributed by atoms with van der Waals surface area (Å²) < 4.78 is 0. The Labute approximate surface area is 138 Å². The third kappa shape index (κ3) is 6.38. The van der Waals surface area contributed by atoms with Crippen LogP contribution >= 0.6 is 0 Å². The minimum atomic E-state index is 0.468. The maximum absolute atomic E-state index is 5.92. The van der Waals surface area contributed by atoms with Crippen LogP contribution in [0.4, 0.5) is 11.5 Å². The molecule has 0 aliphatic rings. The highest BCUT2D eigenvalue weighted by Crippen LogP contribution is 2.10. The van der Waals surface area contributed by atoms with Crippen molar-refractivity contribution in [1.29, 1.82) is 0 Å². The molecule has 1 aromatic heterocycles. The Bertz CT molecular complexity index is 610. The van der Waals surface area contributed by atoms with Gasteiger partial charge in [0.25, 0.3) is 0 Å². The van der Waals surface area contributed by atoms with Crippen LogP contribution in [0.5, 0.6) is 0 Å². The van der Waals surface area contributed by atoms with Crippen molar-refractivity contribution >= 4 is 17.5 Å². The van der Waals surface area contributed by atoms with E-state index in [2.05, 4.69) is 39.7 Å². The van der Waals surface area contributed by atoms with Gasteiger partial charge in [-0.15, -0.1) is 0 Å². The molecule has 0 amide bonds. The lowest BCUT2D eigenvalue weighted by molar-refractivity contribution is 0.772. The molecule has 0 radical (unpaired) electrons. The van der Waals surface area contributed by atoms with Crippen molar-refractivity contribution in [1.82, 2.24) is 4.98 Å². The number of aryl methyl sites for hydroxylation is 1. The molecule has 122 valence electrons. The van der Waals surface area contributed by atoms with E-state index in [4.69, 9.17) is 5.73 Å². The van der Waals surface area contributed by atoms with E-state index in [-0.39, 0.29) is 0 Å². The van der Waals surface area contributed by atoms with Crippen molar-refractivity contribution < 1.29 is 0 Å². The summed E-state index contributed by atoms with van der Waals surface area (Å²) in [5, 5.41) is 6.41. The van der Waals surface area contributed by atoms with Gasteiger partial charge in [-0.3, -0.25) is 4.99 Å². The molecule has 0 saturated heterocycles. The first-order valence-electron chi connectivity index (χ1n) is 8.08. The first-order chi connectivity index (χ1) is 11.3. The molecule has 4 N–H and O–H groups in total. The zero-order chi connectivity index (χ0) is 16.3. The third-order valence-corrected chi connectivity index (χ3v) is 3.45. The van der Waals surface area contributed by atoms with Crippen molar-refractivity contribution in [2.75, 3.05) is 23.7 Å². The lowest BCUT2D eigenvalue weighted by Gasteiger charge is -2.07. The molecular weight excluding hydrogens is 286 g/mol. The minimum Gasteiger partial charge on any atom is -0.370 e. The maximum Gasteiger partial charge on any atom is 0.193 e. The molecule has 0 atom stereocenters. The SMILES string of the molecule is CCc1cccc(NC(N)=NCCCCNc2ccccn2)c1. The van der Waals surface area contributed by atoms with Gasteiger partial charge < -0.3 is 16.4 Å². The second kappa shape index (κ2) is 9.46. The summed E-state index contributed by atoms with van der Waals surface area (Å²) in [4.78, 5) is 8.58. The van der Waals surface area contributed by atoms with Crippen molar-refractivity contribution in [2.24, 2.45) is 10.7 Å². The Balaban J connectivity index is 1.64. The van der Waals surface area contributed by atoms with Gasteiger partial charge in [0.1, 0.15) is 5.82 Å². The third-order valence-electron chi connectivity index (χ3n) is 3.45. The van der Waals surface area contributed by atoms with Crippen LogP contribution in [0.1, 0.15) is 25.3 Å². The van der Waals surface area contributed by atoms with Gasteiger partial charge in [-0.1, -0.05) is 25.1 Å². The van der Waals surface area contributed by atoms with Gasteiger partial charge in [0.05, 0.1) is 0 Å². The fraction of sp³-hybridized carbons (Fsp3) is 0.333. The van der Waals surface area contributed by atoms with Crippen molar-refractivity contribution in [3.63, 3.8) is 0 Å². The number of aliphatic imine (C=N–C) groups is 1. The van der Waals surface area contributed by atoms with Crippen LogP contribution in [0.2, 0.25) is 0 Å². The Hall–Kier alpha value is -2.56. The monoisotopic (exact) mass is 311 g/mol. The minimum absolute atomic E-state index is 0.468. The number of benzene rings is 1. The number of nitrogens with zero attached hydrogens (tertiary/aromatic N) is 2. The van der Waals surface area contributed by atoms with Gasteiger partial charge in [-0.05, 0) is 49.1 Å². The number of guanidine groups is 1.